The largest absolute Gasteiger partial charge is 0.506 e. The van der Waals surface area contributed by atoms with Gasteiger partial charge in [0.05, 0.1) is 11.6 Å². The molecule has 0 aliphatic rings. The molecular weight excluding hydrogens is 182 g/mol. The number of aromatic hydroxyl groups is 1. The zero-order valence-corrected chi connectivity index (χ0v) is 7.90. The molecule has 0 bridgehead atoms. The van der Waals surface area contributed by atoms with Gasteiger partial charge in [0.15, 0.2) is 0 Å². The van der Waals surface area contributed by atoms with Gasteiger partial charge in [0.1, 0.15) is 5.75 Å². The second-order valence-corrected chi connectivity index (χ2v) is 3.12. The summed E-state index contributed by atoms with van der Waals surface area (Å²) in [6, 6.07) is 4.49. The number of benzene rings is 1. The molecule has 0 saturated heterocycles. The van der Waals surface area contributed by atoms with E-state index in [0.29, 0.717) is 12.0 Å². The first-order chi connectivity index (χ1) is 6.56. The molecule has 14 heavy (non-hydrogen) atoms. The molecule has 0 aliphatic carbocycles. The van der Waals surface area contributed by atoms with Crippen molar-refractivity contribution in [2.75, 3.05) is 5.73 Å². The monoisotopic (exact) mass is 195 g/mol. The number of carboxylic acids is 1. The highest BCUT2D eigenvalue weighted by Gasteiger charge is 2.17. The van der Waals surface area contributed by atoms with Crippen LogP contribution in [0.4, 0.5) is 5.69 Å². The third-order valence-corrected chi connectivity index (χ3v) is 2.16. The number of hydrogen-bond acceptors (Lipinski definition) is 3. The fourth-order valence-corrected chi connectivity index (χ4v) is 1.34. The Morgan fingerprint density at radius 2 is 2.21 bits per heavy atom. The third kappa shape index (κ3) is 1.96. The Morgan fingerprint density at radius 1 is 1.57 bits per heavy atom. The number of aliphatic carboxylic acids is 1. The minimum Gasteiger partial charge on any atom is -0.506 e. The molecule has 1 atom stereocenters. The van der Waals surface area contributed by atoms with Gasteiger partial charge in [-0.05, 0) is 24.1 Å². The first-order valence-electron chi connectivity index (χ1n) is 4.37. The van der Waals surface area contributed by atoms with Crippen LogP contribution in [-0.4, -0.2) is 16.2 Å². The van der Waals surface area contributed by atoms with E-state index in [-0.39, 0.29) is 11.4 Å². The average Bonchev–Trinajstić information content (AvgIpc) is 2.11. The average molecular weight is 195 g/mol. The molecule has 0 spiro atoms. The fourth-order valence-electron chi connectivity index (χ4n) is 1.34. The summed E-state index contributed by atoms with van der Waals surface area (Å²) < 4.78 is 0. The van der Waals surface area contributed by atoms with E-state index >= 15 is 0 Å². The number of hydrogen-bond donors (Lipinski definition) is 3. The van der Waals surface area contributed by atoms with Crippen molar-refractivity contribution in [2.24, 2.45) is 0 Å². The Balaban J connectivity index is 3.06. The molecule has 0 amide bonds. The highest BCUT2D eigenvalue weighted by molar-refractivity contribution is 5.76. The smallest absolute Gasteiger partial charge is 0.310 e. The van der Waals surface area contributed by atoms with Gasteiger partial charge in [-0.3, -0.25) is 4.79 Å². The maximum atomic E-state index is 10.8. The number of phenols is 1. The van der Waals surface area contributed by atoms with E-state index in [1.807, 2.05) is 0 Å². The van der Waals surface area contributed by atoms with E-state index in [4.69, 9.17) is 15.9 Å². The Hall–Kier alpha value is -1.71. The zero-order valence-electron chi connectivity index (χ0n) is 7.90. The van der Waals surface area contributed by atoms with Gasteiger partial charge >= 0.3 is 5.97 Å². The van der Waals surface area contributed by atoms with E-state index in [0.717, 1.165) is 0 Å². The summed E-state index contributed by atoms with van der Waals surface area (Å²) in [4.78, 5) is 10.8. The lowest BCUT2D eigenvalue weighted by atomic mass is 9.96. The SMILES string of the molecule is CCC(C(=O)O)c1ccc(O)c(N)c1. The summed E-state index contributed by atoms with van der Waals surface area (Å²) in [5.74, 6) is -1.45. The van der Waals surface area contributed by atoms with Crippen molar-refractivity contribution in [2.45, 2.75) is 19.3 Å². The number of nitrogen functional groups attached to an aromatic ring is 1. The number of nitrogens with two attached hydrogens (primary N) is 1. The molecule has 0 radical (unpaired) electrons. The van der Waals surface area contributed by atoms with E-state index in [2.05, 4.69) is 0 Å². The number of carbonyl (C=O) groups is 1. The van der Waals surface area contributed by atoms with E-state index in [1.54, 1.807) is 13.0 Å². The van der Waals surface area contributed by atoms with Gasteiger partial charge in [-0.1, -0.05) is 13.0 Å². The summed E-state index contributed by atoms with van der Waals surface area (Å²) in [5, 5.41) is 18.0. The highest BCUT2D eigenvalue weighted by Crippen LogP contribution is 2.27. The highest BCUT2D eigenvalue weighted by atomic mass is 16.4. The Kier molecular flexibility index (Phi) is 2.96. The lowest BCUT2D eigenvalue weighted by Crippen LogP contribution is -2.10. The molecule has 4 heteroatoms. The Bertz CT molecular complexity index is 349. The molecule has 0 saturated carbocycles. The lowest BCUT2D eigenvalue weighted by molar-refractivity contribution is -0.138. The van der Waals surface area contributed by atoms with Crippen LogP contribution in [0, 0.1) is 0 Å². The van der Waals surface area contributed by atoms with E-state index < -0.39 is 11.9 Å². The van der Waals surface area contributed by atoms with Gasteiger partial charge in [-0.25, -0.2) is 0 Å². The minimum absolute atomic E-state index is 0.0195. The van der Waals surface area contributed by atoms with Crippen LogP contribution in [0.15, 0.2) is 18.2 Å². The molecule has 4 nitrogen and oxygen atoms in total. The van der Waals surface area contributed by atoms with E-state index in [1.165, 1.54) is 12.1 Å². The topological polar surface area (TPSA) is 83.5 Å². The van der Waals surface area contributed by atoms with Crippen LogP contribution in [0.25, 0.3) is 0 Å². The molecule has 1 unspecified atom stereocenters. The van der Waals surface area contributed by atoms with Crippen molar-refractivity contribution in [3.05, 3.63) is 23.8 Å². The molecule has 0 aliphatic heterocycles. The van der Waals surface area contributed by atoms with Crippen LogP contribution in [0.2, 0.25) is 0 Å². The van der Waals surface area contributed by atoms with Crippen LogP contribution < -0.4 is 5.73 Å². The van der Waals surface area contributed by atoms with Crippen molar-refractivity contribution in [3.8, 4) is 5.75 Å². The second kappa shape index (κ2) is 4.00. The molecule has 0 heterocycles. The number of carboxylic acid groups (broad SMARTS) is 1. The summed E-state index contributed by atoms with van der Waals surface area (Å²) in [7, 11) is 0. The Morgan fingerprint density at radius 3 is 2.64 bits per heavy atom. The van der Waals surface area contributed by atoms with Gasteiger partial charge in [-0.15, -0.1) is 0 Å². The summed E-state index contributed by atoms with van der Waals surface area (Å²) >= 11 is 0. The Labute approximate surface area is 82.0 Å². The number of rotatable bonds is 3. The molecule has 1 aromatic rings. The predicted molar refractivity (Wildman–Crippen MR) is 53.2 cm³/mol. The molecular formula is C10H13NO3. The van der Waals surface area contributed by atoms with Crippen molar-refractivity contribution in [1.29, 1.82) is 0 Å². The van der Waals surface area contributed by atoms with E-state index in [9.17, 15) is 4.79 Å². The van der Waals surface area contributed by atoms with Crippen LogP contribution in [-0.2, 0) is 4.79 Å². The molecule has 0 aromatic heterocycles. The van der Waals surface area contributed by atoms with Gasteiger partial charge < -0.3 is 15.9 Å². The summed E-state index contributed by atoms with van der Waals surface area (Å²) in [5.41, 5.74) is 6.30. The lowest BCUT2D eigenvalue weighted by Gasteiger charge is -2.10. The first-order valence-corrected chi connectivity index (χ1v) is 4.37. The molecule has 76 valence electrons. The maximum absolute atomic E-state index is 10.8. The number of phenolic OH excluding ortho intramolecular Hbond substituents is 1. The maximum Gasteiger partial charge on any atom is 0.310 e. The van der Waals surface area contributed by atoms with Crippen molar-refractivity contribution < 1.29 is 15.0 Å². The molecule has 1 rings (SSSR count). The van der Waals surface area contributed by atoms with Crippen LogP contribution >= 0.6 is 0 Å². The van der Waals surface area contributed by atoms with Gasteiger partial charge in [-0.2, -0.15) is 0 Å². The van der Waals surface area contributed by atoms with Crippen molar-refractivity contribution in [3.63, 3.8) is 0 Å². The second-order valence-electron chi connectivity index (χ2n) is 3.12. The quantitative estimate of drug-likeness (QED) is 0.504. The van der Waals surface area contributed by atoms with Gasteiger partial charge in [0.25, 0.3) is 0 Å². The van der Waals surface area contributed by atoms with Gasteiger partial charge in [0.2, 0.25) is 0 Å². The standard InChI is InChI=1S/C10H13NO3/c1-2-7(10(13)14)6-3-4-9(12)8(11)5-6/h3-5,7,12H,2,11H2,1H3,(H,13,14). The predicted octanol–water partition coefficient (Wildman–Crippen LogP) is 1.55. The summed E-state index contributed by atoms with van der Waals surface area (Å²) in [6.45, 7) is 1.79. The molecule has 4 N–H and O–H groups in total. The zero-order chi connectivity index (χ0) is 10.7. The van der Waals surface area contributed by atoms with Crippen molar-refractivity contribution in [1.82, 2.24) is 0 Å². The fraction of sp³-hybridized carbons (Fsp3) is 0.300. The van der Waals surface area contributed by atoms with Crippen LogP contribution in [0.5, 0.6) is 5.75 Å². The molecule has 1 aromatic carbocycles. The van der Waals surface area contributed by atoms with Crippen LogP contribution in [0.1, 0.15) is 24.8 Å². The minimum atomic E-state index is -0.877. The van der Waals surface area contributed by atoms with Crippen LogP contribution in [0.3, 0.4) is 0 Å². The third-order valence-electron chi connectivity index (χ3n) is 2.16. The molecule has 0 fully saturated rings. The normalized spacial score (nSPS) is 12.4. The summed E-state index contributed by atoms with van der Waals surface area (Å²) in [6.07, 6.45) is 0.500. The first kappa shape index (κ1) is 10.4. The van der Waals surface area contributed by atoms with Crippen molar-refractivity contribution >= 4 is 11.7 Å². The number of anilines is 1. The van der Waals surface area contributed by atoms with Gasteiger partial charge in [0, 0.05) is 0 Å².